The molecule has 0 fully saturated rings. The van der Waals surface area contributed by atoms with Crippen LogP contribution in [0.3, 0.4) is 0 Å². The maximum atomic E-state index is 3.54. The molecule has 1 nitrogen and oxygen atoms in total. The van der Waals surface area contributed by atoms with Gasteiger partial charge >= 0.3 is 0 Å². The van der Waals surface area contributed by atoms with Crippen molar-refractivity contribution < 1.29 is 0 Å². The molecule has 0 aliphatic heterocycles. The monoisotopic (exact) mass is 237 g/mol. The Balaban J connectivity index is 2.00. The lowest BCUT2D eigenvalue weighted by Crippen LogP contribution is -2.20. The van der Waals surface area contributed by atoms with Gasteiger partial charge in [0.1, 0.15) is 0 Å². The van der Waals surface area contributed by atoms with Crippen molar-refractivity contribution >= 4 is 0 Å². The average molecular weight is 237 g/mol. The molecule has 100 valence electrons. The van der Waals surface area contributed by atoms with Gasteiger partial charge in [-0.05, 0) is 57.0 Å². The lowest BCUT2D eigenvalue weighted by atomic mass is 9.77. The van der Waals surface area contributed by atoms with Gasteiger partial charge in [0, 0.05) is 0 Å². The van der Waals surface area contributed by atoms with E-state index in [1.54, 1.807) is 5.57 Å². The van der Waals surface area contributed by atoms with Gasteiger partial charge < -0.3 is 5.32 Å². The molecule has 1 N–H and O–H groups in total. The molecule has 0 aromatic heterocycles. The largest absolute Gasteiger partial charge is 0.317 e. The Morgan fingerprint density at radius 2 is 2.06 bits per heavy atom. The van der Waals surface area contributed by atoms with E-state index in [4.69, 9.17) is 0 Å². The van der Waals surface area contributed by atoms with Crippen LogP contribution < -0.4 is 5.32 Å². The van der Waals surface area contributed by atoms with Crippen molar-refractivity contribution in [1.82, 2.24) is 5.32 Å². The molecule has 0 spiro atoms. The van der Waals surface area contributed by atoms with Gasteiger partial charge in [-0.2, -0.15) is 0 Å². The predicted octanol–water partition coefficient (Wildman–Crippen LogP) is 4.54. The zero-order chi connectivity index (χ0) is 12.5. The Morgan fingerprint density at radius 3 is 2.65 bits per heavy atom. The summed E-state index contributed by atoms with van der Waals surface area (Å²) in [6, 6.07) is 0. The molecular formula is C16H31N. The summed E-state index contributed by atoms with van der Waals surface area (Å²) < 4.78 is 0. The summed E-state index contributed by atoms with van der Waals surface area (Å²) in [5.41, 5.74) is 1.76. The third-order valence-electron chi connectivity index (χ3n) is 4.08. The number of unbranched alkanes of at least 4 members (excludes halogenated alkanes) is 1. The van der Waals surface area contributed by atoms with Gasteiger partial charge in [0.15, 0.2) is 0 Å². The second-order valence-corrected chi connectivity index (χ2v) is 5.67. The van der Waals surface area contributed by atoms with Gasteiger partial charge in [-0.1, -0.05) is 45.3 Å². The first-order chi connectivity index (χ1) is 8.27. The minimum atomic E-state index is 0.881. The van der Waals surface area contributed by atoms with Crippen LogP contribution in [0.5, 0.6) is 0 Å². The van der Waals surface area contributed by atoms with Crippen LogP contribution in [0.1, 0.15) is 65.7 Å². The van der Waals surface area contributed by atoms with E-state index in [0.29, 0.717) is 0 Å². The summed E-state index contributed by atoms with van der Waals surface area (Å²) in [7, 11) is 0. The van der Waals surface area contributed by atoms with E-state index in [2.05, 4.69) is 32.2 Å². The second kappa shape index (κ2) is 8.74. The molecule has 1 rings (SSSR count). The normalized spacial score (nSPS) is 20.9. The summed E-state index contributed by atoms with van der Waals surface area (Å²) in [6.45, 7) is 9.35. The SMILES string of the molecule is CCCCNCCCC1CC=C1C[C@H](C)CC. The first-order valence-corrected chi connectivity index (χ1v) is 7.67. The predicted molar refractivity (Wildman–Crippen MR) is 77.3 cm³/mol. The lowest BCUT2D eigenvalue weighted by molar-refractivity contribution is 0.430. The Labute approximate surface area is 108 Å². The van der Waals surface area contributed by atoms with Crippen molar-refractivity contribution in [3.05, 3.63) is 11.6 Å². The lowest BCUT2D eigenvalue weighted by Gasteiger charge is -2.29. The number of allylic oxidation sites excluding steroid dienone is 2. The Hall–Kier alpha value is -0.300. The number of hydrogen-bond donors (Lipinski definition) is 1. The standard InChI is InChI=1S/C16H31N/c1-4-6-11-17-12-7-8-15-9-10-16(15)13-14(3)5-2/h10,14-15,17H,4-9,11-13H2,1-3H3/t14-,15?/m1/s1. The fourth-order valence-electron chi connectivity index (χ4n) is 2.45. The van der Waals surface area contributed by atoms with Gasteiger partial charge in [-0.15, -0.1) is 0 Å². The topological polar surface area (TPSA) is 12.0 Å². The molecule has 0 aromatic rings. The molecule has 17 heavy (non-hydrogen) atoms. The minimum Gasteiger partial charge on any atom is -0.317 e. The Kier molecular flexibility index (Phi) is 7.59. The highest BCUT2D eigenvalue weighted by atomic mass is 14.8. The molecule has 1 heteroatoms. The molecule has 1 unspecified atom stereocenters. The molecule has 1 aliphatic carbocycles. The summed E-state index contributed by atoms with van der Waals surface area (Å²) in [5, 5.41) is 3.54. The molecular weight excluding hydrogens is 206 g/mol. The van der Waals surface area contributed by atoms with Crippen molar-refractivity contribution in [1.29, 1.82) is 0 Å². The van der Waals surface area contributed by atoms with Crippen molar-refractivity contribution in [2.75, 3.05) is 13.1 Å². The maximum Gasteiger partial charge on any atom is -0.00487 e. The van der Waals surface area contributed by atoms with Gasteiger partial charge in [0.05, 0.1) is 0 Å². The third kappa shape index (κ3) is 5.72. The van der Waals surface area contributed by atoms with E-state index < -0.39 is 0 Å². The van der Waals surface area contributed by atoms with Gasteiger partial charge in [0.25, 0.3) is 0 Å². The molecule has 0 aromatic carbocycles. The smallest absolute Gasteiger partial charge is 0.00487 e. The highest BCUT2D eigenvalue weighted by molar-refractivity contribution is 5.18. The van der Waals surface area contributed by atoms with E-state index >= 15 is 0 Å². The van der Waals surface area contributed by atoms with Crippen molar-refractivity contribution in [2.45, 2.75) is 65.7 Å². The third-order valence-corrected chi connectivity index (χ3v) is 4.08. The van der Waals surface area contributed by atoms with Gasteiger partial charge in [-0.3, -0.25) is 0 Å². The first kappa shape index (κ1) is 14.8. The van der Waals surface area contributed by atoms with Crippen LogP contribution in [0.15, 0.2) is 11.6 Å². The first-order valence-electron chi connectivity index (χ1n) is 7.67. The van der Waals surface area contributed by atoms with Crippen LogP contribution in [0.2, 0.25) is 0 Å². The molecule has 0 amide bonds. The number of rotatable bonds is 10. The van der Waals surface area contributed by atoms with Crippen molar-refractivity contribution in [2.24, 2.45) is 11.8 Å². The molecule has 0 bridgehead atoms. The van der Waals surface area contributed by atoms with Gasteiger partial charge in [0.2, 0.25) is 0 Å². The van der Waals surface area contributed by atoms with Crippen LogP contribution in [0, 0.1) is 11.8 Å². The summed E-state index contributed by atoms with van der Waals surface area (Å²) in [5.74, 6) is 1.81. The summed E-state index contributed by atoms with van der Waals surface area (Å²) in [6.07, 6.45) is 11.9. The van der Waals surface area contributed by atoms with Crippen LogP contribution in [-0.4, -0.2) is 13.1 Å². The Morgan fingerprint density at radius 1 is 1.29 bits per heavy atom. The number of hydrogen-bond acceptors (Lipinski definition) is 1. The highest BCUT2D eigenvalue weighted by Gasteiger charge is 2.21. The number of nitrogens with one attached hydrogen (secondary N) is 1. The van der Waals surface area contributed by atoms with Crippen LogP contribution in [0.25, 0.3) is 0 Å². The second-order valence-electron chi connectivity index (χ2n) is 5.67. The zero-order valence-corrected chi connectivity index (χ0v) is 12.1. The molecule has 1 aliphatic rings. The highest BCUT2D eigenvalue weighted by Crippen LogP contribution is 2.35. The molecule has 0 saturated carbocycles. The molecule has 0 heterocycles. The summed E-state index contributed by atoms with van der Waals surface area (Å²) >= 11 is 0. The van der Waals surface area contributed by atoms with E-state index in [0.717, 1.165) is 11.8 Å². The van der Waals surface area contributed by atoms with E-state index in [1.165, 1.54) is 58.0 Å². The fourth-order valence-corrected chi connectivity index (χ4v) is 2.45. The van der Waals surface area contributed by atoms with Crippen molar-refractivity contribution in [3.63, 3.8) is 0 Å². The minimum absolute atomic E-state index is 0.881. The fraction of sp³-hybridized carbons (Fsp3) is 0.875. The Bertz CT molecular complexity index is 220. The van der Waals surface area contributed by atoms with Crippen LogP contribution >= 0.6 is 0 Å². The molecule has 0 radical (unpaired) electrons. The summed E-state index contributed by atoms with van der Waals surface area (Å²) in [4.78, 5) is 0. The zero-order valence-electron chi connectivity index (χ0n) is 12.1. The molecule has 2 atom stereocenters. The van der Waals surface area contributed by atoms with Gasteiger partial charge in [-0.25, -0.2) is 0 Å². The van der Waals surface area contributed by atoms with Crippen LogP contribution in [0.4, 0.5) is 0 Å². The molecule has 0 saturated heterocycles. The maximum absolute atomic E-state index is 3.54. The quantitative estimate of drug-likeness (QED) is 0.434. The van der Waals surface area contributed by atoms with E-state index in [9.17, 15) is 0 Å². The van der Waals surface area contributed by atoms with Crippen LogP contribution in [-0.2, 0) is 0 Å². The van der Waals surface area contributed by atoms with E-state index in [-0.39, 0.29) is 0 Å². The average Bonchev–Trinajstić information content (AvgIpc) is 2.33. The van der Waals surface area contributed by atoms with E-state index in [1.807, 2.05) is 0 Å². The van der Waals surface area contributed by atoms with Crippen molar-refractivity contribution in [3.8, 4) is 0 Å².